The van der Waals surface area contributed by atoms with E-state index >= 15 is 0 Å². The minimum atomic E-state index is -0.510. The summed E-state index contributed by atoms with van der Waals surface area (Å²) in [4.78, 5) is 14.2. The van der Waals surface area contributed by atoms with E-state index in [9.17, 15) is 9.90 Å². The molecule has 3 aromatic rings. The number of ether oxygens (including phenoxy) is 1. The molecule has 2 aromatic heterocycles. The first-order valence-corrected chi connectivity index (χ1v) is 11.8. The molecule has 0 spiro atoms. The van der Waals surface area contributed by atoms with Gasteiger partial charge in [-0.2, -0.15) is 0 Å². The van der Waals surface area contributed by atoms with E-state index in [2.05, 4.69) is 15.5 Å². The first kappa shape index (κ1) is 22.3. The van der Waals surface area contributed by atoms with Gasteiger partial charge in [0, 0.05) is 34.8 Å². The van der Waals surface area contributed by atoms with Crippen LogP contribution in [0.1, 0.15) is 44.7 Å². The summed E-state index contributed by atoms with van der Waals surface area (Å²) in [7, 11) is 0. The second-order valence-electron chi connectivity index (χ2n) is 9.35. The van der Waals surface area contributed by atoms with Gasteiger partial charge in [0.15, 0.2) is 5.82 Å². The number of rotatable bonds is 3. The average Bonchev–Trinajstić information content (AvgIpc) is 3.21. The summed E-state index contributed by atoms with van der Waals surface area (Å²) in [5, 5.41) is 25.9. The van der Waals surface area contributed by atoms with E-state index in [1.54, 1.807) is 16.2 Å². The van der Waals surface area contributed by atoms with E-state index in [0.29, 0.717) is 30.2 Å². The highest BCUT2D eigenvalue weighted by atomic mass is 32.1. The number of piperidine rings is 1. The Kier molecular flexibility index (Phi) is 5.99. The maximum Gasteiger partial charge on any atom is 0.410 e. The number of carbonyl (C=O) groups excluding carboxylic acids is 1. The van der Waals surface area contributed by atoms with E-state index in [1.807, 2.05) is 58.2 Å². The predicted octanol–water partition coefficient (Wildman–Crippen LogP) is 5.49. The van der Waals surface area contributed by atoms with Crippen molar-refractivity contribution in [3.63, 3.8) is 0 Å². The van der Waals surface area contributed by atoms with Crippen LogP contribution in [-0.2, 0) is 4.74 Å². The van der Waals surface area contributed by atoms with Gasteiger partial charge in [-0.25, -0.2) is 4.79 Å². The standard InChI is InChI=1S/C24H30N4O3S/c1-14-15(2)22(25-16-7-6-11-28(13-16)23(30)31-24(3,4)5)27-26-20(14)18-8-9-19-17(21(18)29)10-12-32-19/h8-10,12,16,29H,6-7,11,13H2,1-5H3,(H,25,27)/t16-/m1/s1. The molecule has 0 bridgehead atoms. The highest BCUT2D eigenvalue weighted by Crippen LogP contribution is 2.39. The van der Waals surface area contributed by atoms with Crippen molar-refractivity contribution < 1.29 is 14.6 Å². The van der Waals surface area contributed by atoms with Crippen LogP contribution in [0, 0.1) is 13.8 Å². The Bertz CT molecular complexity index is 1150. The Morgan fingerprint density at radius 2 is 2.00 bits per heavy atom. The highest BCUT2D eigenvalue weighted by Gasteiger charge is 2.28. The lowest BCUT2D eigenvalue weighted by atomic mass is 10.0. The predicted molar refractivity (Wildman–Crippen MR) is 128 cm³/mol. The van der Waals surface area contributed by atoms with Crippen LogP contribution in [0.5, 0.6) is 5.75 Å². The molecular formula is C24H30N4O3S. The Morgan fingerprint density at radius 1 is 1.22 bits per heavy atom. The molecular weight excluding hydrogens is 424 g/mol. The quantitative estimate of drug-likeness (QED) is 0.544. The molecule has 1 aliphatic rings. The lowest BCUT2D eigenvalue weighted by Crippen LogP contribution is -2.47. The van der Waals surface area contributed by atoms with Crippen LogP contribution < -0.4 is 5.32 Å². The first-order valence-electron chi connectivity index (χ1n) is 10.9. The van der Waals surface area contributed by atoms with Gasteiger partial charge < -0.3 is 20.1 Å². The third-order valence-electron chi connectivity index (χ3n) is 5.80. The van der Waals surface area contributed by atoms with Crippen molar-refractivity contribution in [2.75, 3.05) is 18.4 Å². The van der Waals surface area contributed by atoms with Gasteiger partial charge in [-0.15, -0.1) is 21.5 Å². The number of anilines is 1. The first-order chi connectivity index (χ1) is 15.1. The van der Waals surface area contributed by atoms with E-state index < -0.39 is 5.60 Å². The van der Waals surface area contributed by atoms with Gasteiger partial charge in [0.05, 0.1) is 5.69 Å². The zero-order valence-corrected chi connectivity index (χ0v) is 20.0. The number of amides is 1. The topological polar surface area (TPSA) is 87.6 Å². The van der Waals surface area contributed by atoms with Crippen molar-refractivity contribution in [2.45, 2.75) is 59.1 Å². The van der Waals surface area contributed by atoms with Crippen LogP contribution in [0.25, 0.3) is 21.3 Å². The minimum absolute atomic E-state index is 0.0741. The van der Waals surface area contributed by atoms with Crippen molar-refractivity contribution in [3.8, 4) is 17.0 Å². The highest BCUT2D eigenvalue weighted by molar-refractivity contribution is 7.17. The van der Waals surface area contributed by atoms with Gasteiger partial charge in [0.25, 0.3) is 0 Å². The third-order valence-corrected chi connectivity index (χ3v) is 6.68. The summed E-state index contributed by atoms with van der Waals surface area (Å²) in [5.74, 6) is 0.944. The molecule has 1 aliphatic heterocycles. The molecule has 0 unspecified atom stereocenters. The third kappa shape index (κ3) is 4.50. The number of likely N-dealkylation sites (tertiary alicyclic amines) is 1. The molecule has 0 radical (unpaired) electrons. The number of hydrogen-bond acceptors (Lipinski definition) is 7. The number of aromatic nitrogens is 2. The lowest BCUT2D eigenvalue weighted by molar-refractivity contribution is 0.0206. The molecule has 1 fully saturated rings. The molecule has 1 saturated heterocycles. The fourth-order valence-electron chi connectivity index (χ4n) is 4.00. The second-order valence-corrected chi connectivity index (χ2v) is 10.3. The fraction of sp³-hybridized carbons (Fsp3) is 0.458. The average molecular weight is 455 g/mol. The maximum absolute atomic E-state index is 12.5. The van der Waals surface area contributed by atoms with Gasteiger partial charge in [0.1, 0.15) is 11.4 Å². The molecule has 1 atom stereocenters. The summed E-state index contributed by atoms with van der Waals surface area (Å²) < 4.78 is 6.57. The Morgan fingerprint density at radius 3 is 2.75 bits per heavy atom. The number of thiophene rings is 1. The molecule has 3 heterocycles. The van der Waals surface area contributed by atoms with Crippen LogP contribution in [0.3, 0.4) is 0 Å². The number of nitrogens with zero attached hydrogens (tertiary/aromatic N) is 3. The van der Waals surface area contributed by atoms with Gasteiger partial charge in [0.2, 0.25) is 0 Å². The maximum atomic E-state index is 12.5. The summed E-state index contributed by atoms with van der Waals surface area (Å²) >= 11 is 1.60. The SMILES string of the molecule is Cc1c(N[C@@H]2CCCN(C(=O)OC(C)(C)C)C2)nnc(-c2ccc3sccc3c2O)c1C. The number of phenols is 1. The van der Waals surface area contributed by atoms with Crippen LogP contribution in [0.2, 0.25) is 0 Å². The van der Waals surface area contributed by atoms with Crippen molar-refractivity contribution in [3.05, 3.63) is 34.7 Å². The van der Waals surface area contributed by atoms with Crippen LogP contribution in [-0.4, -0.2) is 51.0 Å². The van der Waals surface area contributed by atoms with Crippen molar-refractivity contribution in [1.29, 1.82) is 0 Å². The smallest absolute Gasteiger partial charge is 0.410 e. The number of benzene rings is 1. The zero-order valence-electron chi connectivity index (χ0n) is 19.2. The summed E-state index contributed by atoms with van der Waals surface area (Å²) in [5.41, 5.74) is 2.80. The molecule has 1 amide bonds. The Hall–Kier alpha value is -2.87. The van der Waals surface area contributed by atoms with Crippen LogP contribution in [0.15, 0.2) is 23.6 Å². The normalized spacial score (nSPS) is 16.9. The van der Waals surface area contributed by atoms with Crippen LogP contribution in [0.4, 0.5) is 10.6 Å². The molecule has 32 heavy (non-hydrogen) atoms. The van der Waals surface area contributed by atoms with E-state index in [1.165, 1.54) is 0 Å². The number of carbonyl (C=O) groups is 1. The molecule has 2 N–H and O–H groups in total. The van der Waals surface area contributed by atoms with Gasteiger partial charge >= 0.3 is 6.09 Å². The summed E-state index contributed by atoms with van der Waals surface area (Å²) in [6.07, 6.45) is 1.56. The Balaban J connectivity index is 1.53. The van der Waals surface area contributed by atoms with Crippen LogP contribution >= 0.6 is 11.3 Å². The summed E-state index contributed by atoms with van der Waals surface area (Å²) in [6.45, 7) is 10.9. The molecule has 4 rings (SSSR count). The van der Waals surface area contributed by atoms with E-state index in [-0.39, 0.29) is 17.9 Å². The van der Waals surface area contributed by atoms with Crippen molar-refractivity contribution >= 4 is 33.3 Å². The fourth-order valence-corrected chi connectivity index (χ4v) is 4.79. The van der Waals surface area contributed by atoms with Gasteiger partial charge in [-0.05, 0) is 82.2 Å². The van der Waals surface area contributed by atoms with Gasteiger partial charge in [-0.3, -0.25) is 0 Å². The lowest BCUT2D eigenvalue weighted by Gasteiger charge is -2.34. The number of phenolic OH excluding ortho intramolecular Hbond substituents is 1. The number of nitrogens with one attached hydrogen (secondary N) is 1. The monoisotopic (exact) mass is 454 g/mol. The molecule has 8 heteroatoms. The van der Waals surface area contributed by atoms with Gasteiger partial charge in [-0.1, -0.05) is 0 Å². The van der Waals surface area contributed by atoms with Crippen molar-refractivity contribution in [2.24, 2.45) is 0 Å². The number of fused-ring (bicyclic) bond motifs is 1. The zero-order chi connectivity index (χ0) is 23.0. The molecule has 7 nitrogen and oxygen atoms in total. The van der Waals surface area contributed by atoms with Crippen molar-refractivity contribution in [1.82, 2.24) is 15.1 Å². The number of hydrogen-bond donors (Lipinski definition) is 2. The number of aromatic hydroxyl groups is 1. The second kappa shape index (κ2) is 8.58. The molecule has 1 aromatic carbocycles. The molecule has 170 valence electrons. The summed E-state index contributed by atoms with van der Waals surface area (Å²) in [6, 6.07) is 5.90. The Labute approximate surface area is 192 Å². The molecule has 0 aliphatic carbocycles. The largest absolute Gasteiger partial charge is 0.507 e. The van der Waals surface area contributed by atoms with E-state index in [0.717, 1.165) is 34.1 Å². The molecule has 0 saturated carbocycles. The van der Waals surface area contributed by atoms with E-state index in [4.69, 9.17) is 4.74 Å². The minimum Gasteiger partial charge on any atom is -0.507 e.